The first-order chi connectivity index (χ1) is 15.9. The highest BCUT2D eigenvalue weighted by Crippen LogP contribution is 2.46. The first kappa shape index (κ1) is 22.8. The van der Waals surface area contributed by atoms with E-state index in [0.717, 1.165) is 29.7 Å². The average molecular weight is 471 g/mol. The van der Waals surface area contributed by atoms with Crippen molar-refractivity contribution in [1.29, 1.82) is 0 Å². The average Bonchev–Trinajstić information content (AvgIpc) is 3.49. The Morgan fingerprint density at radius 2 is 2.03 bits per heavy atom. The molecule has 1 fully saturated rings. The number of esters is 1. The number of hydrogen-bond donors (Lipinski definition) is 1. The van der Waals surface area contributed by atoms with Crippen LogP contribution in [-0.2, 0) is 11.3 Å². The SMILES string of the molecule is CCOC(=O)c1c(C2CC2)csc1NC(=O)c1ccc(OCc2c(C)noc2C)c(OC)c1. The summed E-state index contributed by atoms with van der Waals surface area (Å²) in [6, 6.07) is 4.94. The second kappa shape index (κ2) is 9.66. The molecular formula is C24H26N2O6S. The Morgan fingerprint density at radius 3 is 2.67 bits per heavy atom. The molecule has 1 amide bonds. The summed E-state index contributed by atoms with van der Waals surface area (Å²) >= 11 is 1.34. The fraction of sp³-hybridized carbons (Fsp3) is 0.375. The Labute approximate surface area is 195 Å². The fourth-order valence-corrected chi connectivity index (χ4v) is 4.56. The molecule has 0 aliphatic heterocycles. The number of amides is 1. The largest absolute Gasteiger partial charge is 0.493 e. The van der Waals surface area contributed by atoms with Crippen LogP contribution in [0.15, 0.2) is 28.1 Å². The van der Waals surface area contributed by atoms with E-state index in [1.165, 1.54) is 18.4 Å². The summed E-state index contributed by atoms with van der Waals surface area (Å²) in [6.07, 6.45) is 2.09. The third-order valence-corrected chi connectivity index (χ3v) is 6.44. The molecule has 3 aromatic rings. The molecule has 0 spiro atoms. The quantitative estimate of drug-likeness (QED) is 0.427. The normalized spacial score (nSPS) is 13.0. The van der Waals surface area contributed by atoms with Gasteiger partial charge in [-0.15, -0.1) is 11.3 Å². The van der Waals surface area contributed by atoms with Crippen molar-refractivity contribution in [3.8, 4) is 11.5 Å². The number of aromatic nitrogens is 1. The number of carbonyl (C=O) groups is 2. The molecule has 0 bridgehead atoms. The molecule has 8 nitrogen and oxygen atoms in total. The maximum atomic E-state index is 13.0. The zero-order valence-electron chi connectivity index (χ0n) is 19.0. The predicted molar refractivity (Wildman–Crippen MR) is 124 cm³/mol. The summed E-state index contributed by atoms with van der Waals surface area (Å²) in [7, 11) is 1.51. The molecule has 174 valence electrons. The molecule has 1 saturated carbocycles. The van der Waals surface area contributed by atoms with E-state index in [4.69, 9.17) is 18.7 Å². The van der Waals surface area contributed by atoms with Crippen LogP contribution in [0.4, 0.5) is 5.00 Å². The maximum absolute atomic E-state index is 13.0. The van der Waals surface area contributed by atoms with Crippen molar-refractivity contribution in [2.45, 2.75) is 46.1 Å². The number of nitrogens with one attached hydrogen (secondary N) is 1. The number of hydrogen-bond acceptors (Lipinski definition) is 8. The van der Waals surface area contributed by atoms with Crippen LogP contribution >= 0.6 is 11.3 Å². The number of anilines is 1. The highest BCUT2D eigenvalue weighted by Gasteiger charge is 2.32. The van der Waals surface area contributed by atoms with Gasteiger partial charge in [0.05, 0.1) is 30.5 Å². The lowest BCUT2D eigenvalue weighted by Gasteiger charge is -2.13. The zero-order valence-corrected chi connectivity index (χ0v) is 19.8. The fourth-order valence-electron chi connectivity index (χ4n) is 3.53. The molecule has 1 aliphatic carbocycles. The predicted octanol–water partition coefficient (Wildman–Crippen LogP) is 5.25. The highest BCUT2D eigenvalue weighted by molar-refractivity contribution is 7.15. The first-order valence-electron chi connectivity index (χ1n) is 10.7. The second-order valence-electron chi connectivity index (χ2n) is 7.80. The molecule has 0 atom stereocenters. The summed E-state index contributed by atoms with van der Waals surface area (Å²) in [5.74, 6) is 1.22. The number of carbonyl (C=O) groups excluding carboxylic acids is 2. The van der Waals surface area contributed by atoms with Gasteiger partial charge in [-0.1, -0.05) is 5.16 Å². The van der Waals surface area contributed by atoms with Crippen molar-refractivity contribution in [3.05, 3.63) is 57.3 Å². The van der Waals surface area contributed by atoms with Gasteiger partial charge in [0.25, 0.3) is 5.91 Å². The standard InChI is InChI=1S/C24H26N2O6S/c1-5-30-24(28)21-18(15-6-7-15)12-33-23(21)25-22(27)16-8-9-19(20(10-16)29-4)31-11-17-13(2)26-32-14(17)3/h8-10,12,15H,5-7,11H2,1-4H3,(H,25,27). The van der Waals surface area contributed by atoms with E-state index in [9.17, 15) is 9.59 Å². The lowest BCUT2D eigenvalue weighted by atomic mass is 10.1. The van der Waals surface area contributed by atoms with E-state index in [1.54, 1.807) is 25.1 Å². The van der Waals surface area contributed by atoms with Crippen molar-refractivity contribution < 1.29 is 28.3 Å². The Kier molecular flexibility index (Phi) is 6.69. The minimum atomic E-state index is -0.406. The molecule has 33 heavy (non-hydrogen) atoms. The molecule has 4 rings (SSSR count). The molecule has 1 aliphatic rings. The van der Waals surface area contributed by atoms with Gasteiger partial charge in [0, 0.05) is 5.56 Å². The third kappa shape index (κ3) is 4.88. The van der Waals surface area contributed by atoms with E-state index < -0.39 is 5.97 Å². The molecule has 9 heteroatoms. The minimum absolute atomic E-state index is 0.269. The van der Waals surface area contributed by atoms with E-state index in [0.29, 0.717) is 39.3 Å². The third-order valence-electron chi connectivity index (χ3n) is 5.52. The number of thiophene rings is 1. The molecule has 2 aromatic heterocycles. The number of benzene rings is 1. The van der Waals surface area contributed by atoms with Gasteiger partial charge in [-0.3, -0.25) is 4.79 Å². The Balaban J connectivity index is 1.51. The van der Waals surface area contributed by atoms with Crippen LogP contribution in [0.5, 0.6) is 11.5 Å². The van der Waals surface area contributed by atoms with Gasteiger partial charge in [0.1, 0.15) is 17.4 Å². The van der Waals surface area contributed by atoms with E-state index >= 15 is 0 Å². The van der Waals surface area contributed by atoms with E-state index in [-0.39, 0.29) is 19.1 Å². The number of methoxy groups -OCH3 is 1. The first-order valence-corrected chi connectivity index (χ1v) is 11.6. The van der Waals surface area contributed by atoms with Crippen molar-refractivity contribution in [1.82, 2.24) is 5.16 Å². The van der Waals surface area contributed by atoms with Gasteiger partial charge in [0.15, 0.2) is 11.5 Å². The van der Waals surface area contributed by atoms with Crippen LogP contribution in [0.25, 0.3) is 0 Å². The minimum Gasteiger partial charge on any atom is -0.493 e. The van der Waals surface area contributed by atoms with Gasteiger partial charge in [-0.05, 0) is 68.7 Å². The Bertz CT molecular complexity index is 1160. The molecule has 2 heterocycles. The van der Waals surface area contributed by atoms with Crippen LogP contribution in [0.1, 0.15) is 69.0 Å². The van der Waals surface area contributed by atoms with Crippen molar-refractivity contribution in [2.75, 3.05) is 19.0 Å². The van der Waals surface area contributed by atoms with Crippen LogP contribution in [0.2, 0.25) is 0 Å². The summed E-state index contributed by atoms with van der Waals surface area (Å²) < 4.78 is 21.7. The number of aryl methyl sites for hydroxylation is 2. The smallest absolute Gasteiger partial charge is 0.341 e. The Morgan fingerprint density at radius 1 is 1.24 bits per heavy atom. The molecule has 0 saturated heterocycles. The van der Waals surface area contributed by atoms with Gasteiger partial charge < -0.3 is 24.1 Å². The molecule has 1 aromatic carbocycles. The lowest BCUT2D eigenvalue weighted by Crippen LogP contribution is -2.15. The lowest BCUT2D eigenvalue weighted by molar-refractivity contribution is 0.0527. The molecule has 0 radical (unpaired) electrons. The highest BCUT2D eigenvalue weighted by atomic mass is 32.1. The number of rotatable bonds is 9. The van der Waals surface area contributed by atoms with E-state index in [2.05, 4.69) is 10.5 Å². The Hall–Kier alpha value is -3.33. The van der Waals surface area contributed by atoms with Crippen molar-refractivity contribution in [3.63, 3.8) is 0 Å². The summed E-state index contributed by atoms with van der Waals surface area (Å²) in [4.78, 5) is 25.5. The number of nitrogens with zero attached hydrogens (tertiary/aromatic N) is 1. The summed E-state index contributed by atoms with van der Waals surface area (Å²) in [5.41, 5.74) is 3.43. The molecule has 0 unspecified atom stereocenters. The van der Waals surface area contributed by atoms with Crippen LogP contribution in [-0.4, -0.2) is 30.7 Å². The topological polar surface area (TPSA) is 99.9 Å². The monoisotopic (exact) mass is 470 g/mol. The summed E-state index contributed by atoms with van der Waals surface area (Å²) in [6.45, 7) is 5.99. The summed E-state index contributed by atoms with van der Waals surface area (Å²) in [5, 5.41) is 9.23. The van der Waals surface area contributed by atoms with Gasteiger partial charge in [0.2, 0.25) is 0 Å². The van der Waals surface area contributed by atoms with Crippen LogP contribution in [0.3, 0.4) is 0 Å². The van der Waals surface area contributed by atoms with Crippen molar-refractivity contribution >= 4 is 28.2 Å². The second-order valence-corrected chi connectivity index (χ2v) is 8.68. The van der Waals surface area contributed by atoms with Gasteiger partial charge >= 0.3 is 5.97 Å². The van der Waals surface area contributed by atoms with Gasteiger partial charge in [-0.25, -0.2) is 4.79 Å². The zero-order chi connectivity index (χ0) is 23.5. The van der Waals surface area contributed by atoms with E-state index in [1.807, 2.05) is 19.2 Å². The molecule has 1 N–H and O–H groups in total. The van der Waals surface area contributed by atoms with Crippen LogP contribution < -0.4 is 14.8 Å². The molecular weight excluding hydrogens is 444 g/mol. The number of ether oxygens (including phenoxy) is 3. The van der Waals surface area contributed by atoms with Crippen molar-refractivity contribution in [2.24, 2.45) is 0 Å². The van der Waals surface area contributed by atoms with Crippen LogP contribution in [0, 0.1) is 13.8 Å². The maximum Gasteiger partial charge on any atom is 0.341 e. The van der Waals surface area contributed by atoms with Gasteiger partial charge in [-0.2, -0.15) is 0 Å².